The van der Waals surface area contributed by atoms with E-state index in [4.69, 9.17) is 11.6 Å². The third kappa shape index (κ3) is 1.89. The SMILES string of the molecule is CCn1ncc(Cl)c1C(O)c1cnn2ccncc12. The number of aromatic nitrogens is 5. The Kier molecular flexibility index (Phi) is 2.96. The van der Waals surface area contributed by atoms with Crippen molar-refractivity contribution in [3.8, 4) is 0 Å². The summed E-state index contributed by atoms with van der Waals surface area (Å²) in [6.07, 6.45) is 7.30. The molecule has 0 bridgehead atoms. The fourth-order valence-corrected chi connectivity index (χ4v) is 2.35. The number of aliphatic hydroxyl groups is 1. The van der Waals surface area contributed by atoms with Crippen LogP contribution in [0, 0.1) is 0 Å². The first-order chi connectivity index (χ1) is 9.22. The van der Waals surface area contributed by atoms with Crippen LogP contribution in [0.1, 0.15) is 24.3 Å². The summed E-state index contributed by atoms with van der Waals surface area (Å²) in [6, 6.07) is 0. The molecule has 0 saturated carbocycles. The first-order valence-electron chi connectivity index (χ1n) is 5.89. The highest BCUT2D eigenvalue weighted by Gasteiger charge is 2.22. The van der Waals surface area contributed by atoms with Gasteiger partial charge in [0.15, 0.2) is 0 Å². The molecule has 98 valence electrons. The standard InChI is InChI=1S/C12H12ClN5O/c1-2-17-11(9(13)6-16-17)12(19)8-5-15-18-4-3-14-7-10(8)18/h3-7,12,19H,2H2,1H3. The van der Waals surface area contributed by atoms with Crippen LogP contribution in [0.2, 0.25) is 5.02 Å². The molecule has 0 spiro atoms. The molecule has 0 aromatic carbocycles. The van der Waals surface area contributed by atoms with E-state index in [2.05, 4.69) is 15.2 Å². The Bertz CT molecular complexity index is 720. The van der Waals surface area contributed by atoms with Crippen LogP contribution in [-0.2, 0) is 6.54 Å². The molecule has 3 aromatic rings. The van der Waals surface area contributed by atoms with Gasteiger partial charge in [0.05, 0.1) is 34.8 Å². The van der Waals surface area contributed by atoms with Gasteiger partial charge in [-0.25, -0.2) is 4.52 Å². The van der Waals surface area contributed by atoms with E-state index in [1.54, 1.807) is 34.0 Å². The maximum Gasteiger partial charge on any atom is 0.126 e. The molecule has 0 saturated heterocycles. The Balaban J connectivity index is 2.13. The minimum atomic E-state index is -0.878. The van der Waals surface area contributed by atoms with Crippen molar-refractivity contribution < 1.29 is 5.11 Å². The average molecular weight is 278 g/mol. The highest BCUT2D eigenvalue weighted by molar-refractivity contribution is 6.31. The van der Waals surface area contributed by atoms with Crippen molar-refractivity contribution in [3.05, 3.63) is 47.3 Å². The van der Waals surface area contributed by atoms with Gasteiger partial charge in [-0.2, -0.15) is 10.2 Å². The first kappa shape index (κ1) is 12.1. The number of fused-ring (bicyclic) bond motifs is 1. The topological polar surface area (TPSA) is 68.2 Å². The van der Waals surface area contributed by atoms with Gasteiger partial charge in [0.1, 0.15) is 6.10 Å². The van der Waals surface area contributed by atoms with Gasteiger partial charge in [-0.1, -0.05) is 11.6 Å². The van der Waals surface area contributed by atoms with Crippen LogP contribution in [0.3, 0.4) is 0 Å². The third-order valence-electron chi connectivity index (χ3n) is 3.04. The highest BCUT2D eigenvalue weighted by atomic mass is 35.5. The van der Waals surface area contributed by atoms with Crippen molar-refractivity contribution in [1.29, 1.82) is 0 Å². The van der Waals surface area contributed by atoms with Crippen molar-refractivity contribution in [2.75, 3.05) is 0 Å². The smallest absolute Gasteiger partial charge is 0.126 e. The monoisotopic (exact) mass is 277 g/mol. The van der Waals surface area contributed by atoms with E-state index >= 15 is 0 Å². The number of aliphatic hydroxyl groups excluding tert-OH is 1. The Morgan fingerprint density at radius 1 is 1.32 bits per heavy atom. The number of nitrogens with zero attached hydrogens (tertiary/aromatic N) is 5. The maximum absolute atomic E-state index is 10.5. The molecule has 3 heterocycles. The van der Waals surface area contributed by atoms with Crippen LogP contribution in [0.15, 0.2) is 31.0 Å². The molecule has 0 aliphatic heterocycles. The summed E-state index contributed by atoms with van der Waals surface area (Å²) in [5.41, 5.74) is 1.98. The second-order valence-electron chi connectivity index (χ2n) is 4.10. The van der Waals surface area contributed by atoms with Gasteiger partial charge in [0.25, 0.3) is 0 Å². The van der Waals surface area contributed by atoms with Crippen LogP contribution in [-0.4, -0.2) is 29.5 Å². The van der Waals surface area contributed by atoms with Crippen molar-refractivity contribution in [2.45, 2.75) is 19.6 Å². The van der Waals surface area contributed by atoms with E-state index in [0.717, 1.165) is 5.52 Å². The lowest BCUT2D eigenvalue weighted by Crippen LogP contribution is -2.09. The first-order valence-corrected chi connectivity index (χ1v) is 6.26. The molecule has 1 unspecified atom stereocenters. The predicted molar refractivity (Wildman–Crippen MR) is 70.0 cm³/mol. The Morgan fingerprint density at radius 3 is 2.95 bits per heavy atom. The van der Waals surface area contributed by atoms with Crippen LogP contribution in [0.5, 0.6) is 0 Å². The molecule has 0 fully saturated rings. The van der Waals surface area contributed by atoms with Gasteiger partial charge in [-0.15, -0.1) is 0 Å². The van der Waals surface area contributed by atoms with Gasteiger partial charge in [-0.3, -0.25) is 9.67 Å². The molecular weight excluding hydrogens is 266 g/mol. The van der Waals surface area contributed by atoms with Crippen molar-refractivity contribution in [3.63, 3.8) is 0 Å². The van der Waals surface area contributed by atoms with Gasteiger partial charge in [-0.05, 0) is 6.92 Å². The molecule has 0 aliphatic carbocycles. The summed E-state index contributed by atoms with van der Waals surface area (Å²) < 4.78 is 3.33. The lowest BCUT2D eigenvalue weighted by molar-refractivity contribution is 0.209. The van der Waals surface area contributed by atoms with Crippen LogP contribution >= 0.6 is 11.6 Å². The molecule has 7 heteroatoms. The summed E-state index contributed by atoms with van der Waals surface area (Å²) in [5.74, 6) is 0. The second-order valence-corrected chi connectivity index (χ2v) is 4.51. The van der Waals surface area contributed by atoms with Gasteiger partial charge >= 0.3 is 0 Å². The van der Waals surface area contributed by atoms with Crippen LogP contribution in [0.4, 0.5) is 0 Å². The van der Waals surface area contributed by atoms with Crippen LogP contribution in [0.25, 0.3) is 5.52 Å². The van der Waals surface area contributed by atoms with E-state index < -0.39 is 6.10 Å². The molecule has 3 aromatic heterocycles. The number of hydrogen-bond acceptors (Lipinski definition) is 4. The van der Waals surface area contributed by atoms with Crippen molar-refractivity contribution in [2.24, 2.45) is 0 Å². The van der Waals surface area contributed by atoms with E-state index in [9.17, 15) is 5.11 Å². The molecule has 3 rings (SSSR count). The van der Waals surface area contributed by atoms with Crippen LogP contribution < -0.4 is 0 Å². The van der Waals surface area contributed by atoms with Crippen molar-refractivity contribution >= 4 is 17.1 Å². The number of aryl methyl sites for hydroxylation is 1. The molecule has 0 amide bonds. The van der Waals surface area contributed by atoms with Crippen molar-refractivity contribution in [1.82, 2.24) is 24.4 Å². The quantitative estimate of drug-likeness (QED) is 0.791. The fraction of sp³-hybridized carbons (Fsp3) is 0.250. The summed E-state index contributed by atoms with van der Waals surface area (Å²) in [6.45, 7) is 2.58. The maximum atomic E-state index is 10.5. The second kappa shape index (κ2) is 4.64. The van der Waals surface area contributed by atoms with Gasteiger partial charge in [0, 0.05) is 24.5 Å². The molecule has 19 heavy (non-hydrogen) atoms. The largest absolute Gasteiger partial charge is 0.382 e. The zero-order chi connectivity index (χ0) is 13.4. The molecule has 6 nitrogen and oxygen atoms in total. The van der Waals surface area contributed by atoms with Gasteiger partial charge < -0.3 is 5.11 Å². The van der Waals surface area contributed by atoms with E-state index in [1.807, 2.05) is 6.92 Å². The molecule has 1 N–H and O–H groups in total. The number of halogens is 1. The third-order valence-corrected chi connectivity index (χ3v) is 3.33. The highest BCUT2D eigenvalue weighted by Crippen LogP contribution is 2.30. The van der Waals surface area contributed by atoms with Gasteiger partial charge in [0.2, 0.25) is 0 Å². The summed E-state index contributed by atoms with van der Waals surface area (Å²) in [4.78, 5) is 4.05. The zero-order valence-electron chi connectivity index (χ0n) is 10.2. The molecule has 0 radical (unpaired) electrons. The van der Waals surface area contributed by atoms with E-state index in [0.29, 0.717) is 22.8 Å². The number of hydrogen-bond donors (Lipinski definition) is 1. The Morgan fingerprint density at radius 2 is 2.16 bits per heavy atom. The summed E-state index contributed by atoms with van der Waals surface area (Å²) in [7, 11) is 0. The molecular formula is C12H12ClN5O. The molecule has 1 atom stereocenters. The lowest BCUT2D eigenvalue weighted by atomic mass is 10.1. The zero-order valence-corrected chi connectivity index (χ0v) is 11.0. The minimum absolute atomic E-state index is 0.442. The summed E-state index contributed by atoms with van der Waals surface area (Å²) >= 11 is 6.10. The lowest BCUT2D eigenvalue weighted by Gasteiger charge is -2.12. The van der Waals surface area contributed by atoms with E-state index in [1.165, 1.54) is 6.20 Å². The normalized spacial score (nSPS) is 13.0. The minimum Gasteiger partial charge on any atom is -0.382 e. The summed E-state index contributed by atoms with van der Waals surface area (Å²) in [5, 5.41) is 19.3. The molecule has 0 aliphatic rings. The number of rotatable bonds is 3. The average Bonchev–Trinajstić information content (AvgIpc) is 3.01. The fourth-order valence-electron chi connectivity index (χ4n) is 2.11. The van der Waals surface area contributed by atoms with E-state index in [-0.39, 0.29) is 0 Å². The predicted octanol–water partition coefficient (Wildman–Crippen LogP) is 1.68. The Labute approximate surface area is 114 Å². The Hall–Kier alpha value is -1.92.